The number of halogens is 4. The van der Waals surface area contributed by atoms with Crippen LogP contribution in [0.25, 0.3) is 11.0 Å². The van der Waals surface area contributed by atoms with E-state index >= 15 is 0 Å². The van der Waals surface area contributed by atoms with Crippen molar-refractivity contribution in [3.8, 4) is 17.6 Å². The van der Waals surface area contributed by atoms with E-state index in [9.17, 15) is 26.0 Å². The summed E-state index contributed by atoms with van der Waals surface area (Å²) in [5, 5.41) is 5.96. The molecule has 210 valence electrons. The minimum absolute atomic E-state index is 0.148. The maximum atomic E-state index is 14.6. The van der Waals surface area contributed by atoms with Crippen molar-refractivity contribution in [1.82, 2.24) is 9.88 Å². The van der Waals surface area contributed by atoms with Gasteiger partial charge in [0.1, 0.15) is 12.8 Å². The second-order valence-corrected chi connectivity index (χ2v) is 12.0. The van der Waals surface area contributed by atoms with Gasteiger partial charge in [-0.1, -0.05) is 12.0 Å². The molecule has 2 aromatic heterocycles. The summed E-state index contributed by atoms with van der Waals surface area (Å²) in [4.78, 5) is 5.53. The number of anilines is 2. The van der Waals surface area contributed by atoms with Crippen LogP contribution in [0.1, 0.15) is 12.2 Å². The van der Waals surface area contributed by atoms with Crippen LogP contribution in [0.15, 0.2) is 44.8 Å². The van der Waals surface area contributed by atoms with Crippen LogP contribution in [0.3, 0.4) is 0 Å². The highest BCUT2D eigenvalue weighted by molar-refractivity contribution is 8.00. The molecule has 1 saturated heterocycles. The monoisotopic (exact) mass is 586 g/mol. The molecular formula is C25H26F4N4O4S2. The second kappa shape index (κ2) is 11.5. The van der Waals surface area contributed by atoms with E-state index < -0.39 is 27.6 Å². The number of furan rings is 1. The predicted octanol–water partition coefficient (Wildman–Crippen LogP) is 4.77. The zero-order valence-electron chi connectivity index (χ0n) is 21.2. The third kappa shape index (κ3) is 7.09. The highest BCUT2D eigenvalue weighted by Crippen LogP contribution is 2.45. The molecule has 4 rings (SSSR count). The van der Waals surface area contributed by atoms with Gasteiger partial charge in [0, 0.05) is 37.8 Å². The number of alkyl halides is 4. The van der Waals surface area contributed by atoms with Gasteiger partial charge in [-0.25, -0.2) is 17.8 Å². The van der Waals surface area contributed by atoms with Gasteiger partial charge in [-0.3, -0.25) is 0 Å². The minimum atomic E-state index is -4.60. The molecule has 1 aromatic carbocycles. The number of pyridine rings is 1. The van der Waals surface area contributed by atoms with Gasteiger partial charge in [-0.2, -0.15) is 13.2 Å². The molecule has 3 aromatic rings. The molecule has 1 fully saturated rings. The van der Waals surface area contributed by atoms with E-state index in [4.69, 9.17) is 9.15 Å². The molecule has 0 amide bonds. The van der Waals surface area contributed by atoms with E-state index in [0.29, 0.717) is 24.3 Å². The number of piperidine rings is 1. The first-order valence-corrected chi connectivity index (χ1v) is 14.5. The number of hydrogen-bond acceptors (Lipinski definition) is 9. The number of fused-ring (bicyclic) bond motifs is 1. The summed E-state index contributed by atoms with van der Waals surface area (Å²) in [7, 11) is -0.142. The van der Waals surface area contributed by atoms with Crippen molar-refractivity contribution in [1.29, 1.82) is 0 Å². The lowest BCUT2D eigenvalue weighted by Crippen LogP contribution is -2.46. The number of benzene rings is 1. The highest BCUT2D eigenvalue weighted by Gasteiger charge is 2.34. The first-order valence-electron chi connectivity index (χ1n) is 11.8. The summed E-state index contributed by atoms with van der Waals surface area (Å²) in [6, 6.07) is 5.50. The maximum Gasteiger partial charge on any atom is 0.446 e. The third-order valence-corrected chi connectivity index (χ3v) is 7.79. The van der Waals surface area contributed by atoms with Crippen LogP contribution in [-0.2, 0) is 9.84 Å². The first-order chi connectivity index (χ1) is 18.4. The van der Waals surface area contributed by atoms with Crippen LogP contribution in [0, 0.1) is 11.8 Å². The molecule has 0 spiro atoms. The highest BCUT2D eigenvalue weighted by atomic mass is 32.2. The Bertz CT molecular complexity index is 1520. The van der Waals surface area contributed by atoms with Gasteiger partial charge in [-0.15, -0.1) is 0 Å². The molecule has 14 heteroatoms. The van der Waals surface area contributed by atoms with E-state index in [1.165, 1.54) is 18.3 Å². The Morgan fingerprint density at radius 1 is 1.31 bits per heavy atom. The Morgan fingerprint density at radius 3 is 2.74 bits per heavy atom. The van der Waals surface area contributed by atoms with E-state index in [2.05, 4.69) is 27.5 Å². The Balaban J connectivity index is 1.61. The average molecular weight is 587 g/mol. The van der Waals surface area contributed by atoms with Crippen LogP contribution in [0.4, 0.5) is 28.9 Å². The number of likely N-dealkylation sites (tertiary alicyclic amines) is 1. The fourth-order valence-corrected chi connectivity index (χ4v) is 5.36. The normalized spacial score (nSPS) is 18.4. The molecular weight excluding hydrogens is 560 g/mol. The van der Waals surface area contributed by atoms with Crippen LogP contribution in [0.5, 0.6) is 5.75 Å². The van der Waals surface area contributed by atoms with Crippen molar-refractivity contribution in [3.63, 3.8) is 0 Å². The molecule has 2 N–H and O–H groups in total. The molecule has 0 unspecified atom stereocenters. The number of aromatic nitrogens is 1. The number of sulfone groups is 1. The summed E-state index contributed by atoms with van der Waals surface area (Å²) in [6.07, 6.45) is 1.61. The number of ether oxygens (including phenoxy) is 1. The van der Waals surface area contributed by atoms with E-state index in [1.54, 1.807) is 19.2 Å². The van der Waals surface area contributed by atoms with Crippen LogP contribution >= 0.6 is 11.8 Å². The van der Waals surface area contributed by atoms with Crippen molar-refractivity contribution < 1.29 is 35.1 Å². The third-order valence-electron chi connectivity index (χ3n) is 5.97. The van der Waals surface area contributed by atoms with Crippen molar-refractivity contribution in [2.45, 2.75) is 34.1 Å². The molecule has 3 heterocycles. The van der Waals surface area contributed by atoms with E-state index in [-0.39, 0.29) is 57.3 Å². The number of nitrogens with one attached hydrogen (secondary N) is 2. The van der Waals surface area contributed by atoms with Crippen LogP contribution < -0.4 is 15.4 Å². The first kappa shape index (κ1) is 28.8. The topological polar surface area (TPSA) is 96.7 Å². The molecule has 39 heavy (non-hydrogen) atoms. The van der Waals surface area contributed by atoms with Gasteiger partial charge in [0.2, 0.25) is 0 Å². The smallest absolute Gasteiger partial charge is 0.446 e. The molecule has 8 nitrogen and oxygen atoms in total. The quantitative estimate of drug-likeness (QED) is 0.231. The lowest BCUT2D eigenvalue weighted by atomic mass is 10.0. The van der Waals surface area contributed by atoms with Crippen molar-refractivity contribution in [2.75, 3.05) is 50.7 Å². The summed E-state index contributed by atoms with van der Waals surface area (Å²) >= 11 is -0.339. The van der Waals surface area contributed by atoms with Gasteiger partial charge in [0.25, 0.3) is 0 Å². The van der Waals surface area contributed by atoms with Gasteiger partial charge in [-0.05, 0) is 43.3 Å². The lowest BCUT2D eigenvalue weighted by molar-refractivity contribution is -0.0328. The molecule has 0 bridgehead atoms. The van der Waals surface area contributed by atoms with Gasteiger partial charge in [0.05, 0.1) is 28.5 Å². The fourth-order valence-electron chi connectivity index (χ4n) is 4.10. The summed E-state index contributed by atoms with van der Waals surface area (Å²) < 4.78 is 89.7. The lowest BCUT2D eigenvalue weighted by Gasteiger charge is -2.33. The Kier molecular flexibility index (Phi) is 8.53. The zero-order chi connectivity index (χ0) is 28.4. The molecule has 0 saturated carbocycles. The summed E-state index contributed by atoms with van der Waals surface area (Å²) in [5.74, 6) is 5.25. The summed E-state index contributed by atoms with van der Waals surface area (Å²) in [5.41, 5.74) is -3.72. The van der Waals surface area contributed by atoms with E-state index in [1.807, 2.05) is 11.9 Å². The Morgan fingerprint density at radius 2 is 2.08 bits per heavy atom. The Hall–Kier alpha value is -3.15. The van der Waals surface area contributed by atoms with Crippen molar-refractivity contribution in [3.05, 3.63) is 36.2 Å². The number of hydrogen-bond donors (Lipinski definition) is 2. The average Bonchev–Trinajstić information content (AvgIpc) is 3.19. The molecule has 0 aliphatic carbocycles. The largest absolute Gasteiger partial charge is 0.477 e. The Labute approximate surface area is 227 Å². The van der Waals surface area contributed by atoms with Crippen molar-refractivity contribution >= 4 is 43.9 Å². The second-order valence-electron chi connectivity index (χ2n) is 8.94. The predicted molar refractivity (Wildman–Crippen MR) is 142 cm³/mol. The van der Waals surface area contributed by atoms with Gasteiger partial charge >= 0.3 is 5.51 Å². The number of thioether (sulfide) groups is 1. The van der Waals surface area contributed by atoms with Crippen LogP contribution in [0.2, 0.25) is 0 Å². The molecule has 2 atom stereocenters. The zero-order valence-corrected chi connectivity index (χ0v) is 22.9. The number of rotatable bonds is 7. The van der Waals surface area contributed by atoms with Crippen LogP contribution in [-0.4, -0.2) is 76.1 Å². The number of para-hydroxylation sites is 1. The molecule has 1 aliphatic heterocycles. The molecule has 0 radical (unpaired) electrons. The molecule has 1 aliphatic rings. The fraction of sp³-hybridized carbons (Fsp3) is 0.400. The van der Waals surface area contributed by atoms with Gasteiger partial charge in [0.15, 0.2) is 32.0 Å². The SMILES string of the molecule is CNc1cc(S(C)(=O)=O)ncc1OCC#Cc1oc2c(N[C@@H]3CCN(C)C[C@@H]3F)cccc2c1SC(F)(F)F. The van der Waals surface area contributed by atoms with Crippen molar-refractivity contribution in [2.24, 2.45) is 0 Å². The summed E-state index contributed by atoms with van der Waals surface area (Å²) in [6.45, 7) is 0.686. The maximum absolute atomic E-state index is 14.6. The minimum Gasteiger partial charge on any atom is -0.477 e. The number of nitrogens with zero attached hydrogens (tertiary/aromatic N) is 2. The van der Waals surface area contributed by atoms with E-state index in [0.717, 1.165) is 6.26 Å². The van der Waals surface area contributed by atoms with Gasteiger partial charge < -0.3 is 24.7 Å². The standard InChI is InChI=1S/C25H26F4N4O4S2/c1-30-19-12-22(39(3,34)35)31-13-21(19)36-11-5-8-20-24(38-25(27,28)29)15-6-4-7-18(23(15)37-20)32-17-9-10-33(2)14-16(17)26/h4,6-7,12-13,16-17,32H,9-11,14H2,1-3H3,(H,30,31)/t16-,17+/m0/s1.